The van der Waals surface area contributed by atoms with Gasteiger partial charge in [0.05, 0.1) is 17.7 Å². The molecule has 1 amide bonds. The molecular weight excluding hydrogens is 335 g/mol. The van der Waals surface area contributed by atoms with E-state index in [1.54, 1.807) is 13.0 Å². The number of carbonyl (C=O) groups excluding carboxylic acids is 1. The Morgan fingerprint density at radius 3 is 2.52 bits per heavy atom. The van der Waals surface area contributed by atoms with Crippen LogP contribution >= 0.6 is 12.4 Å². The molecule has 0 aliphatic carbocycles. The summed E-state index contributed by atoms with van der Waals surface area (Å²) >= 11 is 0. The van der Waals surface area contributed by atoms with E-state index >= 15 is 0 Å². The lowest BCUT2D eigenvalue weighted by atomic mass is 10.1. The Morgan fingerprint density at radius 2 is 2.00 bits per heavy atom. The zero-order valence-electron chi connectivity index (χ0n) is 12.1. The van der Waals surface area contributed by atoms with Gasteiger partial charge in [-0.2, -0.15) is 13.2 Å². The van der Waals surface area contributed by atoms with Crippen LogP contribution in [0.4, 0.5) is 18.9 Å². The molecule has 9 heteroatoms. The molecule has 0 aliphatic rings. The van der Waals surface area contributed by atoms with Gasteiger partial charge in [0.1, 0.15) is 5.76 Å². The molecule has 0 unspecified atom stereocenters. The third kappa shape index (κ3) is 5.26. The minimum atomic E-state index is -4.51. The van der Waals surface area contributed by atoms with E-state index in [-0.39, 0.29) is 36.6 Å². The maximum absolute atomic E-state index is 12.8. The molecule has 3 N–H and O–H groups in total. The van der Waals surface area contributed by atoms with E-state index in [9.17, 15) is 18.0 Å². The fourth-order valence-corrected chi connectivity index (χ4v) is 1.92. The molecule has 5 nitrogen and oxygen atoms in total. The highest BCUT2D eigenvalue weighted by atomic mass is 35.5. The first-order chi connectivity index (χ1) is 10.3. The van der Waals surface area contributed by atoms with Crippen molar-refractivity contribution in [2.24, 2.45) is 5.73 Å². The molecule has 2 aromatic rings. The van der Waals surface area contributed by atoms with Crippen molar-refractivity contribution in [3.63, 3.8) is 0 Å². The van der Waals surface area contributed by atoms with Gasteiger partial charge >= 0.3 is 6.18 Å². The minimum Gasteiger partial charge on any atom is -0.361 e. The van der Waals surface area contributed by atoms with E-state index in [0.717, 1.165) is 12.1 Å². The van der Waals surface area contributed by atoms with E-state index in [1.807, 2.05) is 0 Å². The van der Waals surface area contributed by atoms with Crippen LogP contribution in [0.1, 0.15) is 22.6 Å². The zero-order valence-corrected chi connectivity index (χ0v) is 12.9. The van der Waals surface area contributed by atoms with Crippen LogP contribution in [0.2, 0.25) is 0 Å². The molecule has 0 saturated heterocycles. The maximum atomic E-state index is 12.8. The normalized spacial score (nSPS) is 11.0. The number of nitrogens with two attached hydrogens (primary N) is 1. The summed E-state index contributed by atoms with van der Waals surface area (Å²) in [5.74, 6) is 0.0582. The van der Waals surface area contributed by atoms with Crippen molar-refractivity contribution >= 4 is 24.0 Å². The monoisotopic (exact) mass is 349 g/mol. The Hall–Kier alpha value is -2.06. The Morgan fingerprint density at radius 1 is 1.30 bits per heavy atom. The standard InChI is InChI=1S/C14H14F3N3O2.ClH/c1-8-2-12(20-22-8)6-13(21)19-11-4-9(7-18)3-10(5-11)14(15,16)17;/h2-5H,6-7,18H2,1H3,(H,19,21);1H. The molecule has 0 atom stereocenters. The number of aromatic nitrogens is 1. The number of aryl methyl sites for hydroxylation is 1. The third-order valence-electron chi connectivity index (χ3n) is 2.86. The average Bonchev–Trinajstić information content (AvgIpc) is 2.82. The number of rotatable bonds is 4. The second kappa shape index (κ2) is 7.47. The first-order valence-corrected chi connectivity index (χ1v) is 6.41. The van der Waals surface area contributed by atoms with E-state index in [2.05, 4.69) is 10.5 Å². The van der Waals surface area contributed by atoms with Crippen LogP contribution in [0.3, 0.4) is 0 Å². The fourth-order valence-electron chi connectivity index (χ4n) is 1.92. The number of alkyl halides is 3. The van der Waals surface area contributed by atoms with Crippen LogP contribution in [0.5, 0.6) is 0 Å². The highest BCUT2D eigenvalue weighted by molar-refractivity contribution is 5.92. The number of hydrogen-bond donors (Lipinski definition) is 2. The third-order valence-corrected chi connectivity index (χ3v) is 2.86. The number of nitrogens with one attached hydrogen (secondary N) is 1. The highest BCUT2D eigenvalue weighted by Crippen LogP contribution is 2.32. The van der Waals surface area contributed by atoms with Crippen LogP contribution in [-0.4, -0.2) is 11.1 Å². The average molecular weight is 350 g/mol. The Kier molecular flexibility index (Phi) is 6.17. The van der Waals surface area contributed by atoms with Crippen molar-refractivity contribution in [2.45, 2.75) is 26.1 Å². The second-order valence-electron chi connectivity index (χ2n) is 4.77. The van der Waals surface area contributed by atoms with Gasteiger partial charge < -0.3 is 15.6 Å². The molecule has 0 spiro atoms. The van der Waals surface area contributed by atoms with Crippen molar-refractivity contribution in [2.75, 3.05) is 5.32 Å². The summed E-state index contributed by atoms with van der Waals surface area (Å²) in [6.45, 7) is 1.62. The molecule has 2 rings (SSSR count). The van der Waals surface area contributed by atoms with Crippen molar-refractivity contribution < 1.29 is 22.5 Å². The van der Waals surface area contributed by atoms with E-state index in [0.29, 0.717) is 11.5 Å². The lowest BCUT2D eigenvalue weighted by Crippen LogP contribution is -2.16. The van der Waals surface area contributed by atoms with Crippen molar-refractivity contribution in [3.05, 3.63) is 46.8 Å². The molecule has 1 aromatic heterocycles. The lowest BCUT2D eigenvalue weighted by molar-refractivity contribution is -0.137. The summed E-state index contributed by atoms with van der Waals surface area (Å²) in [5, 5.41) is 6.06. The van der Waals surface area contributed by atoms with Gasteiger partial charge in [0.25, 0.3) is 0 Å². The van der Waals surface area contributed by atoms with Crippen molar-refractivity contribution in [3.8, 4) is 0 Å². The van der Waals surface area contributed by atoms with Crippen molar-refractivity contribution in [1.82, 2.24) is 5.16 Å². The Bertz CT molecular complexity index is 686. The van der Waals surface area contributed by atoms with Crippen LogP contribution in [0.25, 0.3) is 0 Å². The molecule has 0 radical (unpaired) electrons. The number of carbonyl (C=O) groups is 1. The van der Waals surface area contributed by atoms with Gasteiger partial charge in [-0.25, -0.2) is 0 Å². The van der Waals surface area contributed by atoms with Gasteiger partial charge in [0.2, 0.25) is 5.91 Å². The van der Waals surface area contributed by atoms with E-state index < -0.39 is 17.6 Å². The fraction of sp³-hybridized carbons (Fsp3) is 0.286. The summed E-state index contributed by atoms with van der Waals surface area (Å²) in [6, 6.07) is 4.81. The first-order valence-electron chi connectivity index (χ1n) is 6.41. The molecule has 0 saturated carbocycles. The zero-order chi connectivity index (χ0) is 16.3. The maximum Gasteiger partial charge on any atom is 0.416 e. The summed E-state index contributed by atoms with van der Waals surface area (Å²) in [6.07, 6.45) is -4.60. The molecule has 0 aliphatic heterocycles. The first kappa shape index (κ1) is 19.0. The molecule has 0 fully saturated rings. The van der Waals surface area contributed by atoms with Crippen molar-refractivity contribution in [1.29, 1.82) is 0 Å². The molecule has 23 heavy (non-hydrogen) atoms. The number of amides is 1. The quantitative estimate of drug-likeness (QED) is 0.888. The summed E-state index contributed by atoms with van der Waals surface area (Å²) in [4.78, 5) is 11.8. The SMILES string of the molecule is Cc1cc(CC(=O)Nc2cc(CN)cc(C(F)(F)F)c2)no1.Cl. The molecule has 1 aromatic carbocycles. The number of hydrogen-bond acceptors (Lipinski definition) is 4. The van der Waals surface area contributed by atoms with Crippen LogP contribution in [-0.2, 0) is 23.9 Å². The number of benzene rings is 1. The van der Waals surface area contributed by atoms with Gasteiger partial charge in [-0.15, -0.1) is 12.4 Å². The molecular formula is C14H15ClF3N3O2. The Balaban J connectivity index is 0.00000264. The summed E-state index contributed by atoms with van der Waals surface area (Å²) in [7, 11) is 0. The minimum absolute atomic E-state index is 0. The van der Waals surface area contributed by atoms with Gasteiger partial charge in [-0.3, -0.25) is 4.79 Å². The van der Waals surface area contributed by atoms with E-state index in [4.69, 9.17) is 10.3 Å². The van der Waals surface area contributed by atoms with E-state index in [1.165, 1.54) is 6.07 Å². The Labute approximate surface area is 136 Å². The van der Waals surface area contributed by atoms with Gasteiger partial charge in [-0.05, 0) is 30.7 Å². The van der Waals surface area contributed by atoms with Crippen LogP contribution in [0, 0.1) is 6.92 Å². The second-order valence-corrected chi connectivity index (χ2v) is 4.77. The number of nitrogens with zero attached hydrogens (tertiary/aromatic N) is 1. The topological polar surface area (TPSA) is 81.2 Å². The molecule has 0 bridgehead atoms. The van der Waals surface area contributed by atoms with Gasteiger partial charge in [0.15, 0.2) is 0 Å². The molecule has 126 valence electrons. The summed E-state index contributed by atoms with van der Waals surface area (Å²) in [5.41, 5.74) is 5.25. The van der Waals surface area contributed by atoms with Crippen LogP contribution in [0.15, 0.2) is 28.8 Å². The van der Waals surface area contributed by atoms with Crippen LogP contribution < -0.4 is 11.1 Å². The molecule has 1 heterocycles. The van der Waals surface area contributed by atoms with Gasteiger partial charge in [-0.1, -0.05) is 5.16 Å². The predicted octanol–water partition coefficient (Wildman–Crippen LogP) is 3.06. The van der Waals surface area contributed by atoms with Gasteiger partial charge in [0, 0.05) is 18.3 Å². The largest absolute Gasteiger partial charge is 0.416 e. The number of halogens is 4. The smallest absolute Gasteiger partial charge is 0.361 e. The predicted molar refractivity (Wildman–Crippen MR) is 80.2 cm³/mol. The highest BCUT2D eigenvalue weighted by Gasteiger charge is 2.31. The number of anilines is 1. The lowest BCUT2D eigenvalue weighted by Gasteiger charge is -2.12. The summed E-state index contributed by atoms with van der Waals surface area (Å²) < 4.78 is 43.2.